The van der Waals surface area contributed by atoms with Crippen LogP contribution in [-0.2, 0) is 0 Å². The first-order chi connectivity index (χ1) is 9.24. The third kappa shape index (κ3) is 2.66. The zero-order valence-electron chi connectivity index (χ0n) is 11.6. The number of rotatable bonds is 2. The summed E-state index contributed by atoms with van der Waals surface area (Å²) in [5, 5.41) is 6.90. The van der Waals surface area contributed by atoms with Crippen molar-refractivity contribution in [2.75, 3.05) is 26.2 Å². The van der Waals surface area contributed by atoms with Crippen LogP contribution < -0.4 is 0 Å². The zero-order valence-corrected chi connectivity index (χ0v) is 11.6. The van der Waals surface area contributed by atoms with Crippen molar-refractivity contribution in [1.82, 2.24) is 20.0 Å². The van der Waals surface area contributed by atoms with Gasteiger partial charge in [-0.3, -0.25) is 9.89 Å². The Morgan fingerprint density at radius 3 is 2.53 bits per heavy atom. The van der Waals surface area contributed by atoms with Gasteiger partial charge in [0.25, 0.3) is 5.91 Å². The molecule has 0 radical (unpaired) electrons. The van der Waals surface area contributed by atoms with Gasteiger partial charge in [0.1, 0.15) is 5.69 Å². The molecule has 0 atom stereocenters. The number of nitrogens with zero attached hydrogens (tertiary/aromatic N) is 3. The number of H-pyrrole nitrogens is 1. The highest BCUT2D eigenvalue weighted by molar-refractivity contribution is 5.92. The second-order valence-electron chi connectivity index (χ2n) is 5.70. The van der Waals surface area contributed by atoms with Crippen LogP contribution >= 0.6 is 0 Å². The van der Waals surface area contributed by atoms with Gasteiger partial charge in [-0.15, -0.1) is 0 Å². The maximum absolute atomic E-state index is 12.3. The van der Waals surface area contributed by atoms with Crippen molar-refractivity contribution in [2.24, 2.45) is 0 Å². The van der Waals surface area contributed by atoms with E-state index < -0.39 is 0 Å². The van der Waals surface area contributed by atoms with E-state index in [9.17, 15) is 4.79 Å². The molecule has 0 saturated carbocycles. The van der Waals surface area contributed by atoms with Crippen molar-refractivity contribution in [3.8, 4) is 0 Å². The summed E-state index contributed by atoms with van der Waals surface area (Å²) in [4.78, 5) is 16.8. The molecule has 0 bridgehead atoms. The second kappa shape index (κ2) is 5.33. The van der Waals surface area contributed by atoms with Crippen LogP contribution in [0.1, 0.15) is 41.9 Å². The third-order valence-electron chi connectivity index (χ3n) is 4.33. The molecule has 3 rings (SSSR count). The summed E-state index contributed by atoms with van der Waals surface area (Å²) < 4.78 is 0. The van der Waals surface area contributed by atoms with Gasteiger partial charge in [-0.1, -0.05) is 0 Å². The average molecular weight is 262 g/mol. The van der Waals surface area contributed by atoms with Crippen molar-refractivity contribution in [3.05, 3.63) is 17.5 Å². The summed E-state index contributed by atoms with van der Waals surface area (Å²) in [6, 6.07) is 2.52. The molecule has 1 N–H and O–H groups in total. The van der Waals surface area contributed by atoms with Crippen LogP contribution in [-0.4, -0.2) is 58.1 Å². The number of hydrogen-bond donors (Lipinski definition) is 1. The van der Waals surface area contributed by atoms with Gasteiger partial charge in [0.05, 0.1) is 0 Å². The van der Waals surface area contributed by atoms with Crippen LogP contribution in [0, 0.1) is 6.92 Å². The fourth-order valence-corrected chi connectivity index (χ4v) is 3.23. The molecule has 1 amide bonds. The number of carbonyl (C=O) groups excluding carboxylic acids is 1. The van der Waals surface area contributed by atoms with E-state index in [1.54, 1.807) is 0 Å². The van der Waals surface area contributed by atoms with Crippen LogP contribution in [0.3, 0.4) is 0 Å². The lowest BCUT2D eigenvalue weighted by atomic mass is 10.0. The highest BCUT2D eigenvalue weighted by atomic mass is 16.2. The predicted molar refractivity (Wildman–Crippen MR) is 73.1 cm³/mol. The normalized spacial score (nSPS) is 22.1. The molecule has 104 valence electrons. The Hall–Kier alpha value is -1.36. The molecular formula is C14H22N4O. The Labute approximate surface area is 114 Å². The van der Waals surface area contributed by atoms with Crippen molar-refractivity contribution in [1.29, 1.82) is 0 Å². The van der Waals surface area contributed by atoms with E-state index >= 15 is 0 Å². The number of aryl methyl sites for hydroxylation is 1. The molecule has 0 aliphatic carbocycles. The smallest absolute Gasteiger partial charge is 0.274 e. The predicted octanol–water partition coefficient (Wildman–Crippen LogP) is 1.42. The Morgan fingerprint density at radius 1 is 1.26 bits per heavy atom. The van der Waals surface area contributed by atoms with Crippen LogP contribution in [0.5, 0.6) is 0 Å². The molecule has 1 aromatic rings. The van der Waals surface area contributed by atoms with Gasteiger partial charge in [-0.05, 0) is 51.8 Å². The Balaban J connectivity index is 1.56. The minimum atomic E-state index is 0.0734. The number of hydrogen-bond acceptors (Lipinski definition) is 3. The van der Waals surface area contributed by atoms with Crippen molar-refractivity contribution in [3.63, 3.8) is 0 Å². The molecule has 0 spiro atoms. The van der Waals surface area contributed by atoms with Crippen LogP contribution in [0.15, 0.2) is 6.07 Å². The first-order valence-corrected chi connectivity index (χ1v) is 7.29. The molecule has 2 fully saturated rings. The molecule has 5 nitrogen and oxygen atoms in total. The topological polar surface area (TPSA) is 52.2 Å². The largest absolute Gasteiger partial charge is 0.337 e. The fourth-order valence-electron chi connectivity index (χ4n) is 3.23. The molecule has 2 aliphatic heterocycles. The summed E-state index contributed by atoms with van der Waals surface area (Å²) in [5.74, 6) is 0.0734. The SMILES string of the molecule is Cc1cc(C(=O)N2CCC(N3CCCC3)CC2)n[nH]1. The first-order valence-electron chi connectivity index (χ1n) is 7.29. The van der Waals surface area contributed by atoms with E-state index in [1.807, 2.05) is 17.9 Å². The van der Waals surface area contributed by atoms with E-state index in [1.165, 1.54) is 25.9 Å². The maximum atomic E-state index is 12.3. The summed E-state index contributed by atoms with van der Waals surface area (Å²) in [6.45, 7) is 6.15. The molecule has 3 heterocycles. The van der Waals surface area contributed by atoms with E-state index in [2.05, 4.69) is 15.1 Å². The molecule has 5 heteroatoms. The minimum Gasteiger partial charge on any atom is -0.337 e. The average Bonchev–Trinajstić information content (AvgIpc) is 3.09. The highest BCUT2D eigenvalue weighted by Gasteiger charge is 2.29. The summed E-state index contributed by atoms with van der Waals surface area (Å²) in [6.07, 6.45) is 4.89. The zero-order chi connectivity index (χ0) is 13.2. The lowest BCUT2D eigenvalue weighted by Crippen LogP contribution is -2.46. The monoisotopic (exact) mass is 262 g/mol. The van der Waals surface area contributed by atoms with Gasteiger partial charge in [0.15, 0.2) is 0 Å². The van der Waals surface area contributed by atoms with Gasteiger partial charge in [-0.25, -0.2) is 0 Å². The van der Waals surface area contributed by atoms with Gasteiger partial charge < -0.3 is 9.80 Å². The number of nitrogens with one attached hydrogen (secondary N) is 1. The van der Waals surface area contributed by atoms with Crippen molar-refractivity contribution >= 4 is 5.91 Å². The molecule has 0 aromatic carbocycles. The summed E-state index contributed by atoms with van der Waals surface area (Å²) in [7, 11) is 0. The number of amides is 1. The Bertz CT molecular complexity index is 442. The van der Waals surface area contributed by atoms with Crippen molar-refractivity contribution < 1.29 is 4.79 Å². The second-order valence-corrected chi connectivity index (χ2v) is 5.70. The molecular weight excluding hydrogens is 240 g/mol. The Kier molecular flexibility index (Phi) is 3.55. The quantitative estimate of drug-likeness (QED) is 0.877. The van der Waals surface area contributed by atoms with Gasteiger partial charge in [0.2, 0.25) is 0 Å². The lowest BCUT2D eigenvalue weighted by Gasteiger charge is -2.36. The number of piperidine rings is 1. The van der Waals surface area contributed by atoms with Gasteiger partial charge >= 0.3 is 0 Å². The standard InChI is InChI=1S/C14H22N4O/c1-11-10-13(16-15-11)14(19)18-8-4-12(5-9-18)17-6-2-3-7-17/h10,12H,2-9H2,1H3,(H,15,16). The van der Waals surface area contributed by atoms with Gasteiger partial charge in [-0.2, -0.15) is 5.10 Å². The first kappa shape index (κ1) is 12.7. The molecule has 19 heavy (non-hydrogen) atoms. The molecule has 0 unspecified atom stereocenters. The Morgan fingerprint density at radius 2 is 1.95 bits per heavy atom. The third-order valence-corrected chi connectivity index (χ3v) is 4.33. The van der Waals surface area contributed by atoms with E-state index in [0.717, 1.165) is 31.6 Å². The molecule has 2 saturated heterocycles. The lowest BCUT2D eigenvalue weighted by molar-refractivity contribution is 0.0639. The highest BCUT2D eigenvalue weighted by Crippen LogP contribution is 2.21. The maximum Gasteiger partial charge on any atom is 0.274 e. The van der Waals surface area contributed by atoms with E-state index in [-0.39, 0.29) is 5.91 Å². The molecule has 2 aliphatic rings. The van der Waals surface area contributed by atoms with Crippen LogP contribution in [0.4, 0.5) is 0 Å². The number of carbonyl (C=O) groups is 1. The number of aromatic amines is 1. The summed E-state index contributed by atoms with van der Waals surface area (Å²) in [5.41, 5.74) is 1.49. The van der Waals surface area contributed by atoms with E-state index in [4.69, 9.17) is 0 Å². The van der Waals surface area contributed by atoms with Crippen molar-refractivity contribution in [2.45, 2.75) is 38.6 Å². The fraction of sp³-hybridized carbons (Fsp3) is 0.714. The van der Waals surface area contributed by atoms with Gasteiger partial charge in [0, 0.05) is 24.8 Å². The molecule has 1 aromatic heterocycles. The number of likely N-dealkylation sites (tertiary alicyclic amines) is 2. The van der Waals surface area contributed by atoms with Crippen LogP contribution in [0.25, 0.3) is 0 Å². The minimum absolute atomic E-state index is 0.0734. The summed E-state index contributed by atoms with van der Waals surface area (Å²) >= 11 is 0. The van der Waals surface area contributed by atoms with E-state index in [0.29, 0.717) is 11.7 Å². The van der Waals surface area contributed by atoms with Crippen LogP contribution in [0.2, 0.25) is 0 Å². The number of aromatic nitrogens is 2.